The molecule has 3 nitrogen and oxygen atoms in total. The normalized spacial score (nSPS) is 19.2. The van der Waals surface area contributed by atoms with E-state index in [9.17, 15) is 0 Å². The fourth-order valence-corrected chi connectivity index (χ4v) is 2.61. The number of rotatable bonds is 6. The zero-order valence-corrected chi connectivity index (χ0v) is 11.7. The van der Waals surface area contributed by atoms with Gasteiger partial charge in [0.1, 0.15) is 13.2 Å². The quantitative estimate of drug-likeness (QED) is 0.853. The molecule has 1 fully saturated rings. The molecule has 1 saturated carbocycles. The summed E-state index contributed by atoms with van der Waals surface area (Å²) in [4.78, 5) is 0. The number of nitrogens with one attached hydrogen (secondary N) is 1. The van der Waals surface area contributed by atoms with Crippen molar-refractivity contribution in [2.75, 3.05) is 13.2 Å². The van der Waals surface area contributed by atoms with Gasteiger partial charge in [-0.05, 0) is 36.5 Å². The molecule has 1 N–H and O–H groups in total. The van der Waals surface area contributed by atoms with Crippen molar-refractivity contribution in [1.82, 2.24) is 5.32 Å². The number of fused-ring (bicyclic) bond motifs is 1. The highest BCUT2D eigenvalue weighted by atomic mass is 16.6. The lowest BCUT2D eigenvalue weighted by atomic mass is 10.1. The van der Waals surface area contributed by atoms with Crippen LogP contribution in [0.4, 0.5) is 0 Å². The van der Waals surface area contributed by atoms with E-state index in [1.54, 1.807) is 0 Å². The van der Waals surface area contributed by atoms with Crippen molar-refractivity contribution in [3.05, 3.63) is 23.8 Å². The second-order valence-electron chi connectivity index (χ2n) is 5.64. The van der Waals surface area contributed by atoms with E-state index in [4.69, 9.17) is 9.47 Å². The average molecular weight is 261 g/mol. The number of ether oxygens (including phenoxy) is 2. The van der Waals surface area contributed by atoms with Crippen LogP contribution in [0, 0.1) is 5.92 Å². The Kier molecular flexibility index (Phi) is 3.92. The molecule has 1 aliphatic carbocycles. The Morgan fingerprint density at radius 3 is 2.74 bits per heavy atom. The van der Waals surface area contributed by atoms with Crippen molar-refractivity contribution in [3.63, 3.8) is 0 Å². The zero-order chi connectivity index (χ0) is 13.1. The van der Waals surface area contributed by atoms with Gasteiger partial charge in [0.05, 0.1) is 0 Å². The Labute approximate surface area is 115 Å². The Hall–Kier alpha value is -1.22. The Balaban J connectivity index is 1.56. The summed E-state index contributed by atoms with van der Waals surface area (Å²) in [5.41, 5.74) is 1.28. The van der Waals surface area contributed by atoms with Gasteiger partial charge >= 0.3 is 0 Å². The van der Waals surface area contributed by atoms with Gasteiger partial charge < -0.3 is 14.8 Å². The van der Waals surface area contributed by atoms with Crippen molar-refractivity contribution in [3.8, 4) is 11.5 Å². The molecule has 0 amide bonds. The van der Waals surface area contributed by atoms with E-state index in [2.05, 4.69) is 24.4 Å². The lowest BCUT2D eigenvalue weighted by Crippen LogP contribution is -2.28. The maximum absolute atomic E-state index is 5.62. The summed E-state index contributed by atoms with van der Waals surface area (Å²) in [7, 11) is 0. The molecule has 0 saturated heterocycles. The minimum Gasteiger partial charge on any atom is -0.486 e. The van der Waals surface area contributed by atoms with Crippen LogP contribution in [0.5, 0.6) is 11.5 Å². The van der Waals surface area contributed by atoms with Crippen molar-refractivity contribution in [2.24, 2.45) is 5.92 Å². The molecule has 0 aromatic heterocycles. The summed E-state index contributed by atoms with van der Waals surface area (Å²) < 4.78 is 11.2. The molecule has 104 valence electrons. The standard InChI is InChI=1S/C16H23NO2/c1-2-14(9-12-3-4-12)17-11-13-5-6-15-16(10-13)19-8-7-18-15/h5-6,10,12,14,17H,2-4,7-9,11H2,1H3. The van der Waals surface area contributed by atoms with Crippen molar-refractivity contribution >= 4 is 0 Å². The summed E-state index contributed by atoms with van der Waals surface area (Å²) in [5, 5.41) is 3.67. The fraction of sp³-hybridized carbons (Fsp3) is 0.625. The molecule has 1 atom stereocenters. The van der Waals surface area contributed by atoms with Gasteiger partial charge in [-0.15, -0.1) is 0 Å². The van der Waals surface area contributed by atoms with Crippen molar-refractivity contribution in [2.45, 2.75) is 45.2 Å². The van der Waals surface area contributed by atoms with Crippen molar-refractivity contribution in [1.29, 1.82) is 0 Å². The Morgan fingerprint density at radius 2 is 2.00 bits per heavy atom. The van der Waals surface area contributed by atoms with E-state index in [1.807, 2.05) is 6.07 Å². The van der Waals surface area contributed by atoms with Gasteiger partial charge in [-0.25, -0.2) is 0 Å². The van der Waals surface area contributed by atoms with Gasteiger partial charge in [-0.3, -0.25) is 0 Å². The van der Waals surface area contributed by atoms with Crippen LogP contribution in [0.15, 0.2) is 18.2 Å². The predicted octanol–water partition coefficient (Wildman–Crippen LogP) is 3.13. The van der Waals surface area contributed by atoms with Gasteiger partial charge in [0, 0.05) is 12.6 Å². The number of benzene rings is 1. The lowest BCUT2D eigenvalue weighted by molar-refractivity contribution is 0.171. The number of hydrogen-bond acceptors (Lipinski definition) is 3. The summed E-state index contributed by atoms with van der Waals surface area (Å²) in [6, 6.07) is 6.91. The first-order valence-electron chi connectivity index (χ1n) is 7.47. The minimum atomic E-state index is 0.653. The first kappa shape index (κ1) is 12.8. The highest BCUT2D eigenvalue weighted by molar-refractivity contribution is 5.43. The highest BCUT2D eigenvalue weighted by Crippen LogP contribution is 2.34. The van der Waals surface area contributed by atoms with Crippen LogP contribution in [0.3, 0.4) is 0 Å². The second kappa shape index (κ2) is 5.83. The maximum atomic E-state index is 5.62. The maximum Gasteiger partial charge on any atom is 0.161 e. The summed E-state index contributed by atoms with van der Waals surface area (Å²) in [5.74, 6) is 2.75. The van der Waals surface area contributed by atoms with E-state index in [1.165, 1.54) is 31.2 Å². The molecule has 3 rings (SSSR count). The minimum absolute atomic E-state index is 0.653. The molecule has 1 unspecified atom stereocenters. The molecule has 1 heterocycles. The third-order valence-electron chi connectivity index (χ3n) is 4.01. The van der Waals surface area contributed by atoms with Crippen LogP contribution in [0.25, 0.3) is 0 Å². The third kappa shape index (κ3) is 3.41. The van der Waals surface area contributed by atoms with Crippen LogP contribution in [-0.4, -0.2) is 19.3 Å². The Bertz CT molecular complexity index is 429. The molecule has 1 aliphatic heterocycles. The number of hydrogen-bond donors (Lipinski definition) is 1. The SMILES string of the molecule is CCC(CC1CC1)NCc1ccc2c(c1)OCCO2. The molecule has 1 aromatic rings. The lowest BCUT2D eigenvalue weighted by Gasteiger charge is -2.20. The van der Waals surface area contributed by atoms with Crippen LogP contribution in [0.1, 0.15) is 38.2 Å². The predicted molar refractivity (Wildman–Crippen MR) is 75.7 cm³/mol. The first-order chi connectivity index (χ1) is 9.35. The smallest absolute Gasteiger partial charge is 0.161 e. The molecule has 19 heavy (non-hydrogen) atoms. The summed E-state index contributed by atoms with van der Waals surface area (Å²) in [6.07, 6.45) is 5.41. The monoisotopic (exact) mass is 261 g/mol. The molecular formula is C16H23NO2. The van der Waals surface area contributed by atoms with Gasteiger partial charge in [-0.1, -0.05) is 25.8 Å². The van der Waals surface area contributed by atoms with Crippen molar-refractivity contribution < 1.29 is 9.47 Å². The van der Waals surface area contributed by atoms with E-state index in [-0.39, 0.29) is 0 Å². The van der Waals surface area contributed by atoms with Gasteiger partial charge in [0.2, 0.25) is 0 Å². The molecule has 0 spiro atoms. The van der Waals surface area contributed by atoms with Crippen LogP contribution < -0.4 is 14.8 Å². The largest absolute Gasteiger partial charge is 0.486 e. The van der Waals surface area contributed by atoms with E-state index in [0.29, 0.717) is 19.3 Å². The van der Waals surface area contributed by atoms with Gasteiger partial charge in [0.25, 0.3) is 0 Å². The summed E-state index contributed by atoms with van der Waals surface area (Å²) in [6.45, 7) is 4.50. The average Bonchev–Trinajstić information content (AvgIpc) is 3.27. The molecule has 1 aromatic carbocycles. The molecule has 2 aliphatic rings. The molecular weight excluding hydrogens is 238 g/mol. The first-order valence-corrected chi connectivity index (χ1v) is 7.47. The highest BCUT2D eigenvalue weighted by Gasteiger charge is 2.24. The Morgan fingerprint density at radius 1 is 1.21 bits per heavy atom. The topological polar surface area (TPSA) is 30.5 Å². The second-order valence-corrected chi connectivity index (χ2v) is 5.64. The third-order valence-corrected chi connectivity index (χ3v) is 4.01. The molecule has 0 bridgehead atoms. The van der Waals surface area contributed by atoms with Crippen LogP contribution in [0.2, 0.25) is 0 Å². The van der Waals surface area contributed by atoms with Crippen LogP contribution >= 0.6 is 0 Å². The van der Waals surface area contributed by atoms with Gasteiger partial charge in [0.15, 0.2) is 11.5 Å². The van der Waals surface area contributed by atoms with E-state index >= 15 is 0 Å². The zero-order valence-electron chi connectivity index (χ0n) is 11.7. The van der Waals surface area contributed by atoms with Crippen LogP contribution in [-0.2, 0) is 6.54 Å². The molecule has 3 heteroatoms. The molecule has 0 radical (unpaired) electrons. The van der Waals surface area contributed by atoms with E-state index in [0.717, 1.165) is 24.0 Å². The van der Waals surface area contributed by atoms with E-state index < -0.39 is 0 Å². The summed E-state index contributed by atoms with van der Waals surface area (Å²) >= 11 is 0. The van der Waals surface area contributed by atoms with Gasteiger partial charge in [-0.2, -0.15) is 0 Å². The fourth-order valence-electron chi connectivity index (χ4n) is 2.61.